The van der Waals surface area contributed by atoms with Gasteiger partial charge in [0, 0.05) is 6.04 Å². The Morgan fingerprint density at radius 3 is 2.59 bits per heavy atom. The van der Waals surface area contributed by atoms with Crippen molar-refractivity contribution in [1.29, 1.82) is 0 Å². The highest BCUT2D eigenvalue weighted by atomic mass is 16.3. The van der Waals surface area contributed by atoms with Crippen molar-refractivity contribution in [3.63, 3.8) is 0 Å². The van der Waals surface area contributed by atoms with Gasteiger partial charge in [0.1, 0.15) is 0 Å². The van der Waals surface area contributed by atoms with Crippen LogP contribution in [0.4, 0.5) is 0 Å². The number of amides is 1. The lowest BCUT2D eigenvalue weighted by atomic mass is 9.81. The summed E-state index contributed by atoms with van der Waals surface area (Å²) in [5.74, 6) is 1.32. The number of aliphatic hydroxyl groups is 1. The van der Waals surface area contributed by atoms with Crippen LogP contribution >= 0.6 is 0 Å². The quantitative estimate of drug-likeness (QED) is 0.729. The molecule has 0 spiro atoms. The van der Waals surface area contributed by atoms with Gasteiger partial charge in [-0.1, -0.05) is 6.92 Å². The van der Waals surface area contributed by atoms with Crippen molar-refractivity contribution in [2.45, 2.75) is 44.2 Å². The van der Waals surface area contributed by atoms with Gasteiger partial charge in [0.25, 0.3) is 0 Å². The van der Waals surface area contributed by atoms with Crippen LogP contribution in [-0.4, -0.2) is 40.6 Å². The number of fused-ring (bicyclic) bond motifs is 2. The molecule has 2 saturated carbocycles. The van der Waals surface area contributed by atoms with Crippen LogP contribution in [0.25, 0.3) is 0 Å². The summed E-state index contributed by atoms with van der Waals surface area (Å²) in [6.07, 6.45) is 4.23. The third kappa shape index (κ3) is 1.61. The van der Waals surface area contributed by atoms with Gasteiger partial charge in [0.05, 0.1) is 24.6 Å². The Labute approximate surface area is 102 Å². The Hall–Kier alpha value is -0.610. The Kier molecular flexibility index (Phi) is 2.49. The molecule has 2 bridgehead atoms. The summed E-state index contributed by atoms with van der Waals surface area (Å²) in [4.78, 5) is 14.2. The number of nitrogens with two attached hydrogens (primary N) is 1. The van der Waals surface area contributed by atoms with Crippen LogP contribution < -0.4 is 5.73 Å². The van der Waals surface area contributed by atoms with Gasteiger partial charge < -0.3 is 15.7 Å². The zero-order valence-corrected chi connectivity index (χ0v) is 10.4. The average Bonchev–Trinajstić information content (AvgIpc) is 2.84. The van der Waals surface area contributed by atoms with E-state index in [1.54, 1.807) is 4.90 Å². The van der Waals surface area contributed by atoms with E-state index in [0.29, 0.717) is 24.9 Å². The van der Waals surface area contributed by atoms with Gasteiger partial charge in [-0.05, 0) is 37.5 Å². The number of likely N-dealkylation sites (tertiary alicyclic amines) is 1. The molecule has 96 valence electrons. The van der Waals surface area contributed by atoms with E-state index in [1.807, 2.05) is 6.92 Å². The molecule has 4 heteroatoms. The van der Waals surface area contributed by atoms with Crippen molar-refractivity contribution in [3.8, 4) is 0 Å². The number of rotatable bonds is 2. The summed E-state index contributed by atoms with van der Waals surface area (Å²) in [6.45, 7) is 2.97. The van der Waals surface area contributed by atoms with Gasteiger partial charge in [-0.25, -0.2) is 0 Å². The molecule has 3 N–H and O–H groups in total. The Bertz CT molecular complexity index is 336. The first kappa shape index (κ1) is 11.5. The molecule has 0 aromatic rings. The summed E-state index contributed by atoms with van der Waals surface area (Å²) in [5, 5.41) is 9.95. The maximum Gasteiger partial charge on any atom is 0.227 e. The van der Waals surface area contributed by atoms with E-state index in [1.165, 1.54) is 12.8 Å². The van der Waals surface area contributed by atoms with Crippen LogP contribution in [0.5, 0.6) is 0 Å². The number of β-amino-alcohol motifs (C(OH)–C–C–N with tert-alkyl or cyclic N) is 1. The molecule has 1 heterocycles. The molecule has 0 aromatic heterocycles. The van der Waals surface area contributed by atoms with Crippen molar-refractivity contribution in [2.24, 2.45) is 23.5 Å². The molecule has 0 radical (unpaired) electrons. The van der Waals surface area contributed by atoms with Crippen LogP contribution in [0.3, 0.4) is 0 Å². The molecule has 0 aromatic carbocycles. The highest BCUT2D eigenvalue weighted by Crippen LogP contribution is 2.48. The largest absolute Gasteiger partial charge is 0.386 e. The molecular weight excluding hydrogens is 216 g/mol. The van der Waals surface area contributed by atoms with Crippen LogP contribution in [0.1, 0.15) is 32.6 Å². The second-order valence-corrected chi connectivity index (χ2v) is 6.21. The first-order valence-electron chi connectivity index (χ1n) is 6.81. The Morgan fingerprint density at radius 1 is 1.41 bits per heavy atom. The molecular formula is C13H22N2O2. The van der Waals surface area contributed by atoms with E-state index >= 15 is 0 Å². The lowest BCUT2D eigenvalue weighted by Crippen LogP contribution is -2.65. The number of hydrogen-bond acceptors (Lipinski definition) is 3. The minimum atomic E-state index is -0.628. The fourth-order valence-corrected chi connectivity index (χ4v) is 3.96. The molecule has 3 aliphatic rings. The fraction of sp³-hybridized carbons (Fsp3) is 0.923. The van der Waals surface area contributed by atoms with Crippen molar-refractivity contribution in [1.82, 2.24) is 4.90 Å². The lowest BCUT2D eigenvalue weighted by molar-refractivity contribution is -0.162. The predicted octanol–water partition coefficient (Wildman–Crippen LogP) is 0.343. The van der Waals surface area contributed by atoms with Crippen molar-refractivity contribution in [3.05, 3.63) is 0 Å². The van der Waals surface area contributed by atoms with Gasteiger partial charge in [-0.2, -0.15) is 0 Å². The molecule has 3 fully saturated rings. The van der Waals surface area contributed by atoms with E-state index in [4.69, 9.17) is 5.73 Å². The van der Waals surface area contributed by atoms with Gasteiger partial charge >= 0.3 is 0 Å². The van der Waals surface area contributed by atoms with Gasteiger partial charge in [0.2, 0.25) is 5.91 Å². The first-order valence-corrected chi connectivity index (χ1v) is 6.81. The third-order valence-electron chi connectivity index (χ3n) is 5.21. The maximum absolute atomic E-state index is 12.4. The zero-order valence-electron chi connectivity index (χ0n) is 10.4. The summed E-state index contributed by atoms with van der Waals surface area (Å²) in [6, 6.07) is 0.0663. The number of carbonyl (C=O) groups excluding carboxylic acids is 1. The van der Waals surface area contributed by atoms with E-state index < -0.39 is 5.60 Å². The van der Waals surface area contributed by atoms with Crippen LogP contribution in [0, 0.1) is 17.8 Å². The minimum Gasteiger partial charge on any atom is -0.386 e. The molecule has 4 nitrogen and oxygen atoms in total. The molecule has 4 unspecified atom stereocenters. The Balaban J connectivity index is 1.65. The van der Waals surface area contributed by atoms with Gasteiger partial charge in [-0.3, -0.25) is 4.79 Å². The summed E-state index contributed by atoms with van der Waals surface area (Å²) in [7, 11) is 0. The standard InChI is InChI=1S/C13H22N2O2/c1-2-13(17)6-15(7-13)12(16)10-8-3-4-9(5-8)11(10)14/h8-11,17H,2-7,14H2,1H3. The lowest BCUT2D eigenvalue weighted by Gasteiger charge is -2.48. The van der Waals surface area contributed by atoms with Gasteiger partial charge in [0.15, 0.2) is 0 Å². The predicted molar refractivity (Wildman–Crippen MR) is 64.1 cm³/mol. The normalized spacial score (nSPS) is 42.6. The summed E-state index contributed by atoms with van der Waals surface area (Å²) >= 11 is 0. The highest BCUT2D eigenvalue weighted by Gasteiger charge is 2.53. The SMILES string of the molecule is CCC1(O)CN(C(=O)C2C3CCC(C3)C2N)C1. The monoisotopic (exact) mass is 238 g/mol. The average molecular weight is 238 g/mol. The van der Waals surface area contributed by atoms with E-state index in [-0.39, 0.29) is 17.9 Å². The highest BCUT2D eigenvalue weighted by molar-refractivity contribution is 5.81. The van der Waals surface area contributed by atoms with E-state index in [2.05, 4.69) is 0 Å². The molecule has 17 heavy (non-hydrogen) atoms. The molecule has 3 rings (SSSR count). The van der Waals surface area contributed by atoms with Crippen molar-refractivity contribution < 1.29 is 9.90 Å². The van der Waals surface area contributed by atoms with E-state index in [9.17, 15) is 9.90 Å². The van der Waals surface area contributed by atoms with Gasteiger partial charge in [-0.15, -0.1) is 0 Å². The molecule has 1 amide bonds. The fourth-order valence-electron chi connectivity index (χ4n) is 3.96. The smallest absolute Gasteiger partial charge is 0.227 e. The van der Waals surface area contributed by atoms with Crippen LogP contribution in [0.2, 0.25) is 0 Å². The second-order valence-electron chi connectivity index (χ2n) is 6.21. The van der Waals surface area contributed by atoms with Crippen LogP contribution in [0.15, 0.2) is 0 Å². The molecule has 1 saturated heterocycles. The number of hydrogen-bond donors (Lipinski definition) is 2. The summed E-state index contributed by atoms with van der Waals surface area (Å²) in [5.41, 5.74) is 5.54. The van der Waals surface area contributed by atoms with Crippen molar-refractivity contribution >= 4 is 5.91 Å². The minimum absolute atomic E-state index is 0.0372. The third-order valence-corrected chi connectivity index (χ3v) is 5.21. The molecule has 4 atom stereocenters. The summed E-state index contributed by atoms with van der Waals surface area (Å²) < 4.78 is 0. The topological polar surface area (TPSA) is 66.6 Å². The maximum atomic E-state index is 12.4. The van der Waals surface area contributed by atoms with Crippen LogP contribution in [-0.2, 0) is 4.79 Å². The zero-order chi connectivity index (χ0) is 12.2. The second kappa shape index (κ2) is 3.69. The van der Waals surface area contributed by atoms with E-state index in [0.717, 1.165) is 12.8 Å². The Morgan fingerprint density at radius 2 is 2.06 bits per heavy atom. The number of carbonyl (C=O) groups is 1. The molecule has 2 aliphatic carbocycles. The number of nitrogens with zero attached hydrogens (tertiary/aromatic N) is 1. The first-order chi connectivity index (χ1) is 8.04. The molecule has 1 aliphatic heterocycles. The van der Waals surface area contributed by atoms with Crippen molar-refractivity contribution in [2.75, 3.05) is 13.1 Å².